The normalized spacial score (nSPS) is 20.9. The van der Waals surface area contributed by atoms with Crippen LogP contribution in [-0.4, -0.2) is 47.7 Å². The Labute approximate surface area is 96.4 Å². The van der Waals surface area contributed by atoms with Gasteiger partial charge in [-0.25, -0.2) is 0 Å². The molecule has 94 valence electrons. The zero-order chi connectivity index (χ0) is 12.8. The van der Waals surface area contributed by atoms with Crippen molar-refractivity contribution in [3.8, 4) is 0 Å². The fourth-order valence-corrected chi connectivity index (χ4v) is 1.37. The molecule has 0 spiro atoms. The first kappa shape index (κ1) is 14.9. The lowest BCUT2D eigenvalue weighted by Gasteiger charge is -2.14. The molecule has 1 aliphatic rings. The Balaban J connectivity index is 0.000000293. The van der Waals surface area contributed by atoms with Gasteiger partial charge in [-0.15, -0.1) is 0 Å². The molecule has 0 saturated carbocycles. The van der Waals surface area contributed by atoms with Gasteiger partial charge in [0.15, 0.2) is 0 Å². The summed E-state index contributed by atoms with van der Waals surface area (Å²) in [6.45, 7) is 6.85. The van der Waals surface area contributed by atoms with E-state index >= 15 is 0 Å². The minimum atomic E-state index is -0.685. The van der Waals surface area contributed by atoms with Crippen molar-refractivity contribution in [2.75, 3.05) is 13.6 Å². The lowest BCUT2D eigenvalue weighted by atomic mass is 10.2. The van der Waals surface area contributed by atoms with E-state index in [0.717, 1.165) is 19.4 Å². The van der Waals surface area contributed by atoms with Gasteiger partial charge in [-0.2, -0.15) is 0 Å². The van der Waals surface area contributed by atoms with E-state index in [-0.39, 0.29) is 11.6 Å². The number of hydrogen-bond acceptors (Lipinski definition) is 4. The van der Waals surface area contributed by atoms with Crippen molar-refractivity contribution in [1.29, 1.82) is 0 Å². The average molecular weight is 231 g/mol. The standard InChI is InChI=1S/C6H11NO2.C5H10O2/c1-7-4-2-3-5(7)6(8)9;1-5(2,3)7-4-6/h5H,2-4H2,1H3,(H,8,9);4H,1-3H3/t5-;/m0./s1. The summed E-state index contributed by atoms with van der Waals surface area (Å²) in [5, 5.41) is 8.54. The summed E-state index contributed by atoms with van der Waals surface area (Å²) in [6.07, 6.45) is 1.83. The van der Waals surface area contributed by atoms with Crippen molar-refractivity contribution in [2.24, 2.45) is 0 Å². The molecule has 0 aliphatic carbocycles. The number of rotatable bonds is 2. The Morgan fingerprint density at radius 1 is 1.50 bits per heavy atom. The van der Waals surface area contributed by atoms with Crippen molar-refractivity contribution in [1.82, 2.24) is 4.90 Å². The zero-order valence-electron chi connectivity index (χ0n) is 10.4. The minimum Gasteiger partial charge on any atom is -0.480 e. The predicted molar refractivity (Wildman–Crippen MR) is 60.2 cm³/mol. The Bertz CT molecular complexity index is 235. The molecule has 0 amide bonds. The molecule has 1 atom stereocenters. The van der Waals surface area contributed by atoms with Gasteiger partial charge in [0.05, 0.1) is 0 Å². The molecular formula is C11H21NO4. The Morgan fingerprint density at radius 3 is 2.19 bits per heavy atom. The van der Waals surface area contributed by atoms with Crippen LogP contribution in [0.4, 0.5) is 0 Å². The third-order valence-corrected chi connectivity index (χ3v) is 2.21. The first-order valence-corrected chi connectivity index (χ1v) is 5.32. The number of carboxylic acids is 1. The Hall–Kier alpha value is -1.10. The number of nitrogens with zero attached hydrogens (tertiary/aromatic N) is 1. The van der Waals surface area contributed by atoms with Crippen molar-refractivity contribution in [3.05, 3.63) is 0 Å². The molecule has 0 radical (unpaired) electrons. The lowest BCUT2D eigenvalue weighted by molar-refractivity contribution is -0.141. The highest BCUT2D eigenvalue weighted by Gasteiger charge is 2.26. The van der Waals surface area contributed by atoms with Gasteiger partial charge in [-0.3, -0.25) is 14.5 Å². The first-order valence-electron chi connectivity index (χ1n) is 5.32. The van der Waals surface area contributed by atoms with E-state index in [0.29, 0.717) is 6.47 Å². The quantitative estimate of drug-likeness (QED) is 0.721. The van der Waals surface area contributed by atoms with Crippen LogP contribution >= 0.6 is 0 Å². The molecule has 1 rings (SSSR count). The summed E-state index contributed by atoms with van der Waals surface area (Å²) in [5.74, 6) is -0.685. The zero-order valence-corrected chi connectivity index (χ0v) is 10.4. The number of carbonyl (C=O) groups is 2. The summed E-state index contributed by atoms with van der Waals surface area (Å²) in [4.78, 5) is 21.8. The molecule has 0 bridgehead atoms. The second kappa shape index (κ2) is 6.48. The molecule has 0 aromatic heterocycles. The van der Waals surface area contributed by atoms with Gasteiger partial charge in [0.2, 0.25) is 0 Å². The highest BCUT2D eigenvalue weighted by Crippen LogP contribution is 2.13. The van der Waals surface area contributed by atoms with Crippen molar-refractivity contribution < 1.29 is 19.4 Å². The van der Waals surface area contributed by atoms with Crippen LogP contribution < -0.4 is 0 Å². The third-order valence-electron chi connectivity index (χ3n) is 2.21. The average Bonchev–Trinajstić information content (AvgIpc) is 2.50. The summed E-state index contributed by atoms with van der Waals surface area (Å²) in [6, 6.07) is -0.218. The fourth-order valence-electron chi connectivity index (χ4n) is 1.37. The molecule has 16 heavy (non-hydrogen) atoms. The van der Waals surface area contributed by atoms with Gasteiger partial charge in [0, 0.05) is 0 Å². The molecule has 5 heteroatoms. The van der Waals surface area contributed by atoms with Gasteiger partial charge in [-0.1, -0.05) is 0 Å². The summed E-state index contributed by atoms with van der Waals surface area (Å²) in [5.41, 5.74) is -0.318. The molecule has 0 unspecified atom stereocenters. The minimum absolute atomic E-state index is 0.218. The molecule has 0 aromatic rings. The van der Waals surface area contributed by atoms with E-state index in [1.165, 1.54) is 0 Å². The molecule has 1 fully saturated rings. The van der Waals surface area contributed by atoms with Crippen LogP contribution in [0.2, 0.25) is 0 Å². The number of carbonyl (C=O) groups excluding carboxylic acids is 1. The molecular weight excluding hydrogens is 210 g/mol. The van der Waals surface area contributed by atoms with Crippen LogP contribution in [-0.2, 0) is 14.3 Å². The van der Waals surface area contributed by atoms with Crippen LogP contribution in [0.25, 0.3) is 0 Å². The molecule has 1 saturated heterocycles. The predicted octanol–water partition coefficient (Wildman–Crippen LogP) is 1.12. The van der Waals surface area contributed by atoms with E-state index in [4.69, 9.17) is 5.11 Å². The maximum absolute atomic E-state index is 10.4. The SMILES string of the molecule is CC(C)(C)OC=O.CN1CCC[C@H]1C(=O)O. The summed E-state index contributed by atoms with van der Waals surface area (Å²) < 4.78 is 4.55. The number of likely N-dealkylation sites (tertiary alicyclic amines) is 1. The van der Waals surface area contributed by atoms with Crippen LogP contribution in [0.1, 0.15) is 33.6 Å². The van der Waals surface area contributed by atoms with Crippen LogP contribution in [0.5, 0.6) is 0 Å². The largest absolute Gasteiger partial charge is 0.480 e. The molecule has 1 aliphatic heterocycles. The number of ether oxygens (including phenoxy) is 1. The van der Waals surface area contributed by atoms with Crippen LogP contribution in [0, 0.1) is 0 Å². The van der Waals surface area contributed by atoms with Gasteiger partial charge in [0.25, 0.3) is 6.47 Å². The van der Waals surface area contributed by atoms with Crippen LogP contribution in [0.3, 0.4) is 0 Å². The maximum atomic E-state index is 10.4. The van der Waals surface area contributed by atoms with Crippen molar-refractivity contribution in [3.63, 3.8) is 0 Å². The molecule has 5 nitrogen and oxygen atoms in total. The molecule has 1 heterocycles. The Kier molecular flexibility index (Phi) is 6.03. The number of aliphatic carboxylic acids is 1. The van der Waals surface area contributed by atoms with Crippen molar-refractivity contribution >= 4 is 12.4 Å². The number of hydrogen-bond donors (Lipinski definition) is 1. The van der Waals surface area contributed by atoms with E-state index in [1.807, 2.05) is 32.7 Å². The monoisotopic (exact) mass is 231 g/mol. The lowest BCUT2D eigenvalue weighted by Crippen LogP contribution is -2.32. The van der Waals surface area contributed by atoms with Gasteiger partial charge in [-0.05, 0) is 47.2 Å². The van der Waals surface area contributed by atoms with Crippen LogP contribution in [0.15, 0.2) is 0 Å². The van der Waals surface area contributed by atoms with Gasteiger partial charge >= 0.3 is 5.97 Å². The molecule has 1 N–H and O–H groups in total. The Morgan fingerprint density at radius 2 is 2.06 bits per heavy atom. The fraction of sp³-hybridized carbons (Fsp3) is 0.818. The summed E-state index contributed by atoms with van der Waals surface area (Å²) in [7, 11) is 1.85. The third kappa shape index (κ3) is 6.40. The van der Waals surface area contributed by atoms with E-state index in [9.17, 15) is 9.59 Å². The smallest absolute Gasteiger partial charge is 0.320 e. The highest BCUT2D eigenvalue weighted by molar-refractivity contribution is 5.73. The van der Waals surface area contributed by atoms with Gasteiger partial charge < -0.3 is 9.84 Å². The van der Waals surface area contributed by atoms with Gasteiger partial charge in [0.1, 0.15) is 11.6 Å². The number of carboxylic acid groups (broad SMARTS) is 1. The van der Waals surface area contributed by atoms with Crippen molar-refractivity contribution in [2.45, 2.75) is 45.3 Å². The molecule has 0 aromatic carbocycles. The number of likely N-dealkylation sites (N-methyl/N-ethyl adjacent to an activating group) is 1. The maximum Gasteiger partial charge on any atom is 0.320 e. The topological polar surface area (TPSA) is 66.8 Å². The second-order valence-electron chi connectivity index (χ2n) is 4.80. The van der Waals surface area contributed by atoms with E-state index < -0.39 is 5.97 Å². The highest BCUT2D eigenvalue weighted by atomic mass is 16.5. The second-order valence-corrected chi connectivity index (χ2v) is 4.80. The van der Waals surface area contributed by atoms with E-state index in [2.05, 4.69) is 4.74 Å². The first-order chi connectivity index (χ1) is 7.28. The van der Waals surface area contributed by atoms with E-state index in [1.54, 1.807) is 0 Å². The summed E-state index contributed by atoms with van der Waals surface area (Å²) >= 11 is 0.